The lowest BCUT2D eigenvalue weighted by atomic mass is 10.1. The number of aromatic nitrogens is 2. The zero-order valence-corrected chi connectivity index (χ0v) is 16.1. The maximum atomic E-state index is 13.5. The van der Waals surface area contributed by atoms with Crippen molar-refractivity contribution in [2.75, 3.05) is 0 Å². The first-order chi connectivity index (χ1) is 14.7. The first kappa shape index (κ1) is 17.9. The molecule has 4 nitrogen and oxygen atoms in total. The lowest BCUT2D eigenvalue weighted by molar-refractivity contribution is 0.474. The van der Waals surface area contributed by atoms with Crippen LogP contribution in [0.1, 0.15) is 11.4 Å². The van der Waals surface area contributed by atoms with Crippen LogP contribution in [0.3, 0.4) is 0 Å². The second-order valence-electron chi connectivity index (χ2n) is 7.02. The van der Waals surface area contributed by atoms with Crippen LogP contribution in [0.5, 0.6) is 5.75 Å². The van der Waals surface area contributed by atoms with E-state index in [-0.39, 0.29) is 11.3 Å². The third-order valence-electron chi connectivity index (χ3n) is 5.16. The SMILES string of the molecule is O=c1c2ccccc2nc(/C=C\c2ccccc2O)n1-c1cccc2ccccc12. The molecular weight excluding hydrogens is 372 g/mol. The van der Waals surface area contributed by atoms with Gasteiger partial charge in [0.05, 0.1) is 16.6 Å². The number of benzene rings is 4. The molecule has 0 amide bonds. The fraction of sp³-hybridized carbons (Fsp3) is 0. The van der Waals surface area contributed by atoms with Crippen LogP contribution < -0.4 is 5.56 Å². The molecule has 0 aliphatic rings. The number of nitrogens with zero attached hydrogens (tertiary/aromatic N) is 2. The van der Waals surface area contributed by atoms with E-state index in [9.17, 15) is 9.90 Å². The molecule has 4 heteroatoms. The van der Waals surface area contributed by atoms with Gasteiger partial charge in [0.15, 0.2) is 0 Å². The van der Waals surface area contributed by atoms with E-state index in [2.05, 4.69) is 0 Å². The van der Waals surface area contributed by atoms with Crippen molar-refractivity contribution >= 4 is 33.8 Å². The van der Waals surface area contributed by atoms with Crippen LogP contribution >= 0.6 is 0 Å². The van der Waals surface area contributed by atoms with Gasteiger partial charge >= 0.3 is 0 Å². The summed E-state index contributed by atoms with van der Waals surface area (Å²) in [6.07, 6.45) is 3.54. The molecule has 1 aromatic heterocycles. The van der Waals surface area contributed by atoms with Gasteiger partial charge in [-0.1, -0.05) is 66.7 Å². The van der Waals surface area contributed by atoms with Crippen molar-refractivity contribution in [3.8, 4) is 11.4 Å². The van der Waals surface area contributed by atoms with Gasteiger partial charge in [-0.25, -0.2) is 4.98 Å². The highest BCUT2D eigenvalue weighted by molar-refractivity contribution is 5.91. The minimum absolute atomic E-state index is 0.131. The maximum absolute atomic E-state index is 13.5. The second kappa shape index (κ2) is 7.33. The van der Waals surface area contributed by atoms with Crippen molar-refractivity contribution < 1.29 is 5.11 Å². The van der Waals surface area contributed by atoms with Gasteiger partial charge < -0.3 is 5.11 Å². The summed E-state index contributed by atoms with van der Waals surface area (Å²) in [6, 6.07) is 28.3. The van der Waals surface area contributed by atoms with E-state index >= 15 is 0 Å². The predicted octanol–water partition coefficient (Wildman–Crippen LogP) is 5.41. The van der Waals surface area contributed by atoms with Crippen molar-refractivity contribution in [2.45, 2.75) is 0 Å². The van der Waals surface area contributed by atoms with Crippen LogP contribution in [0, 0.1) is 0 Å². The standard InChI is InChI=1S/C26H18N2O2/c29-24-15-6-2-9-19(24)16-17-25-27-22-13-5-4-12-21(22)26(30)28(25)23-14-7-10-18-8-1-3-11-20(18)23/h1-17,29H/b17-16-. The molecule has 5 rings (SSSR count). The molecule has 0 aliphatic carbocycles. The molecule has 30 heavy (non-hydrogen) atoms. The summed E-state index contributed by atoms with van der Waals surface area (Å²) >= 11 is 0. The highest BCUT2D eigenvalue weighted by atomic mass is 16.3. The molecule has 0 radical (unpaired) electrons. The molecule has 0 atom stereocenters. The summed E-state index contributed by atoms with van der Waals surface area (Å²) in [5.41, 5.74) is 1.93. The Morgan fingerprint density at radius 1 is 0.733 bits per heavy atom. The number of aromatic hydroxyl groups is 1. The Labute approximate surface area is 173 Å². The van der Waals surface area contributed by atoms with Crippen molar-refractivity contribution in [1.29, 1.82) is 0 Å². The topological polar surface area (TPSA) is 55.1 Å². The van der Waals surface area contributed by atoms with Gasteiger partial charge in [0.1, 0.15) is 11.6 Å². The van der Waals surface area contributed by atoms with Crippen molar-refractivity contribution in [3.05, 3.63) is 113 Å². The summed E-state index contributed by atoms with van der Waals surface area (Å²) in [5.74, 6) is 0.673. The van der Waals surface area contributed by atoms with Gasteiger partial charge in [0, 0.05) is 10.9 Å². The van der Waals surface area contributed by atoms with E-state index in [0.717, 1.165) is 16.5 Å². The van der Waals surface area contributed by atoms with Gasteiger partial charge in [-0.2, -0.15) is 0 Å². The van der Waals surface area contributed by atoms with Crippen molar-refractivity contribution in [3.63, 3.8) is 0 Å². The molecule has 0 fully saturated rings. The zero-order valence-electron chi connectivity index (χ0n) is 16.1. The number of phenolic OH excluding ortho intramolecular Hbond substituents is 1. The zero-order chi connectivity index (χ0) is 20.5. The molecule has 0 saturated heterocycles. The van der Waals surface area contributed by atoms with E-state index in [0.29, 0.717) is 22.3 Å². The fourth-order valence-electron chi connectivity index (χ4n) is 3.69. The quantitative estimate of drug-likeness (QED) is 0.448. The summed E-state index contributed by atoms with van der Waals surface area (Å²) < 4.78 is 1.64. The molecule has 1 N–H and O–H groups in total. The van der Waals surface area contributed by atoms with Crippen LogP contribution in [0.15, 0.2) is 95.8 Å². The third kappa shape index (κ3) is 3.05. The number of hydrogen-bond donors (Lipinski definition) is 1. The average Bonchev–Trinajstić information content (AvgIpc) is 2.78. The van der Waals surface area contributed by atoms with E-state index in [1.807, 2.05) is 72.8 Å². The first-order valence-electron chi connectivity index (χ1n) is 9.68. The molecule has 0 bridgehead atoms. The Kier molecular flexibility index (Phi) is 4.37. The number of phenols is 1. The first-order valence-corrected chi connectivity index (χ1v) is 9.68. The molecule has 0 unspecified atom stereocenters. The minimum atomic E-state index is -0.131. The Morgan fingerprint density at radius 3 is 2.30 bits per heavy atom. The normalized spacial score (nSPS) is 11.5. The lowest BCUT2D eigenvalue weighted by Crippen LogP contribution is -2.22. The van der Waals surface area contributed by atoms with E-state index in [1.54, 1.807) is 34.9 Å². The molecule has 0 aliphatic heterocycles. The van der Waals surface area contributed by atoms with Crippen LogP contribution in [0.25, 0.3) is 39.5 Å². The monoisotopic (exact) mass is 390 g/mol. The van der Waals surface area contributed by atoms with E-state index in [1.165, 1.54) is 0 Å². The smallest absolute Gasteiger partial charge is 0.266 e. The lowest BCUT2D eigenvalue weighted by Gasteiger charge is -2.14. The number of fused-ring (bicyclic) bond motifs is 2. The largest absolute Gasteiger partial charge is 0.507 e. The van der Waals surface area contributed by atoms with Crippen molar-refractivity contribution in [2.24, 2.45) is 0 Å². The number of hydrogen-bond acceptors (Lipinski definition) is 3. The summed E-state index contributed by atoms with van der Waals surface area (Å²) in [6.45, 7) is 0. The van der Waals surface area contributed by atoms with Crippen LogP contribution in [0.4, 0.5) is 0 Å². The summed E-state index contributed by atoms with van der Waals surface area (Å²) in [4.78, 5) is 18.3. The fourth-order valence-corrected chi connectivity index (χ4v) is 3.69. The van der Waals surface area contributed by atoms with Crippen LogP contribution in [-0.4, -0.2) is 14.7 Å². The molecule has 0 saturated carbocycles. The highest BCUT2D eigenvalue weighted by Gasteiger charge is 2.13. The average molecular weight is 390 g/mol. The van der Waals surface area contributed by atoms with Gasteiger partial charge in [-0.05, 0) is 41.8 Å². The number of para-hydroxylation sites is 2. The Hall–Kier alpha value is -4.18. The maximum Gasteiger partial charge on any atom is 0.266 e. The number of rotatable bonds is 3. The molecule has 144 valence electrons. The molecular formula is C26H18N2O2. The summed E-state index contributed by atoms with van der Waals surface area (Å²) in [5, 5.41) is 12.7. The van der Waals surface area contributed by atoms with Crippen LogP contribution in [0.2, 0.25) is 0 Å². The molecule has 5 aromatic rings. The predicted molar refractivity (Wildman–Crippen MR) is 122 cm³/mol. The summed E-state index contributed by atoms with van der Waals surface area (Å²) in [7, 11) is 0. The molecule has 4 aromatic carbocycles. The van der Waals surface area contributed by atoms with Crippen LogP contribution in [-0.2, 0) is 0 Å². The molecule has 0 spiro atoms. The van der Waals surface area contributed by atoms with E-state index in [4.69, 9.17) is 4.98 Å². The van der Waals surface area contributed by atoms with Gasteiger partial charge in [0.2, 0.25) is 0 Å². The highest BCUT2D eigenvalue weighted by Crippen LogP contribution is 2.24. The van der Waals surface area contributed by atoms with Crippen molar-refractivity contribution in [1.82, 2.24) is 9.55 Å². The Bertz CT molecular complexity index is 1480. The van der Waals surface area contributed by atoms with Gasteiger partial charge in [-0.15, -0.1) is 0 Å². The van der Waals surface area contributed by atoms with Gasteiger partial charge in [0.25, 0.3) is 5.56 Å². The van der Waals surface area contributed by atoms with E-state index < -0.39 is 0 Å². The molecule has 1 heterocycles. The third-order valence-corrected chi connectivity index (χ3v) is 5.16. The minimum Gasteiger partial charge on any atom is -0.507 e. The Balaban J connectivity index is 1.82. The second-order valence-corrected chi connectivity index (χ2v) is 7.02. The van der Waals surface area contributed by atoms with Gasteiger partial charge in [-0.3, -0.25) is 9.36 Å². The Morgan fingerprint density at radius 2 is 1.43 bits per heavy atom.